The van der Waals surface area contributed by atoms with E-state index in [-0.39, 0.29) is 10.6 Å². The molecule has 5 heteroatoms. The fourth-order valence-electron chi connectivity index (χ4n) is 1.67. The second kappa shape index (κ2) is 6.83. The molecular formula is C12H19N3O2. The van der Waals surface area contributed by atoms with Gasteiger partial charge in [0.2, 0.25) is 5.82 Å². The SMILES string of the molecule is CCCCCCNc1nccc(C)c1[N+](=O)[O-]. The van der Waals surface area contributed by atoms with Crippen molar-refractivity contribution in [1.29, 1.82) is 0 Å². The lowest BCUT2D eigenvalue weighted by molar-refractivity contribution is -0.384. The van der Waals surface area contributed by atoms with Crippen molar-refractivity contribution in [1.82, 2.24) is 4.98 Å². The minimum Gasteiger partial charge on any atom is -0.364 e. The third-order valence-electron chi connectivity index (χ3n) is 2.63. The number of rotatable bonds is 7. The van der Waals surface area contributed by atoms with Gasteiger partial charge in [-0.2, -0.15) is 0 Å². The lowest BCUT2D eigenvalue weighted by Gasteiger charge is -2.07. The minimum absolute atomic E-state index is 0.0861. The molecule has 5 nitrogen and oxygen atoms in total. The van der Waals surface area contributed by atoms with Crippen LogP contribution in [0.1, 0.15) is 38.2 Å². The Balaban J connectivity index is 2.58. The molecule has 0 radical (unpaired) electrons. The lowest BCUT2D eigenvalue weighted by atomic mass is 10.2. The molecule has 0 aliphatic carbocycles. The highest BCUT2D eigenvalue weighted by atomic mass is 16.6. The molecular weight excluding hydrogens is 218 g/mol. The summed E-state index contributed by atoms with van der Waals surface area (Å²) in [5.74, 6) is 0.381. The third kappa shape index (κ3) is 4.01. The number of nitrogens with zero attached hydrogens (tertiary/aromatic N) is 2. The van der Waals surface area contributed by atoms with Crippen molar-refractivity contribution >= 4 is 11.5 Å². The zero-order valence-corrected chi connectivity index (χ0v) is 10.4. The predicted octanol–water partition coefficient (Wildman–Crippen LogP) is 3.29. The van der Waals surface area contributed by atoms with Crippen molar-refractivity contribution < 1.29 is 4.92 Å². The summed E-state index contributed by atoms with van der Waals surface area (Å²) in [5, 5.41) is 13.9. The van der Waals surface area contributed by atoms with E-state index >= 15 is 0 Å². The second-order valence-electron chi connectivity index (χ2n) is 4.07. The van der Waals surface area contributed by atoms with Crippen molar-refractivity contribution in [2.45, 2.75) is 39.5 Å². The molecule has 0 fully saturated rings. The molecule has 0 amide bonds. The molecule has 0 unspecified atom stereocenters. The van der Waals surface area contributed by atoms with Crippen LogP contribution in [0.2, 0.25) is 0 Å². The summed E-state index contributed by atoms with van der Waals surface area (Å²) in [6.45, 7) is 4.61. The number of anilines is 1. The molecule has 0 spiro atoms. The summed E-state index contributed by atoms with van der Waals surface area (Å²) in [4.78, 5) is 14.6. The normalized spacial score (nSPS) is 10.2. The molecule has 0 atom stereocenters. The average Bonchev–Trinajstić information content (AvgIpc) is 2.28. The van der Waals surface area contributed by atoms with Crippen LogP contribution in [-0.2, 0) is 0 Å². The van der Waals surface area contributed by atoms with E-state index in [9.17, 15) is 10.1 Å². The van der Waals surface area contributed by atoms with Crippen molar-refractivity contribution in [3.63, 3.8) is 0 Å². The Morgan fingerprint density at radius 3 is 2.82 bits per heavy atom. The van der Waals surface area contributed by atoms with Gasteiger partial charge in [0.25, 0.3) is 0 Å². The molecule has 1 rings (SSSR count). The van der Waals surface area contributed by atoms with Crippen molar-refractivity contribution in [3.8, 4) is 0 Å². The van der Waals surface area contributed by atoms with Crippen LogP contribution in [0.4, 0.5) is 11.5 Å². The van der Waals surface area contributed by atoms with E-state index in [0.29, 0.717) is 11.4 Å². The third-order valence-corrected chi connectivity index (χ3v) is 2.63. The Hall–Kier alpha value is -1.65. The van der Waals surface area contributed by atoms with Gasteiger partial charge in [-0.1, -0.05) is 26.2 Å². The number of aryl methyl sites for hydroxylation is 1. The van der Waals surface area contributed by atoms with E-state index in [2.05, 4.69) is 17.2 Å². The predicted molar refractivity (Wildman–Crippen MR) is 68.3 cm³/mol. The topological polar surface area (TPSA) is 68.1 Å². The quantitative estimate of drug-likeness (QED) is 0.449. The van der Waals surface area contributed by atoms with Crippen LogP contribution in [0.25, 0.3) is 0 Å². The second-order valence-corrected chi connectivity index (χ2v) is 4.07. The van der Waals surface area contributed by atoms with E-state index in [1.165, 1.54) is 12.8 Å². The molecule has 1 N–H and O–H groups in total. The van der Waals surface area contributed by atoms with E-state index in [1.807, 2.05) is 0 Å². The minimum atomic E-state index is -0.378. The molecule has 0 bridgehead atoms. The van der Waals surface area contributed by atoms with Gasteiger partial charge >= 0.3 is 5.69 Å². The van der Waals surface area contributed by atoms with Gasteiger partial charge < -0.3 is 5.32 Å². The summed E-state index contributed by atoms with van der Waals surface area (Å²) in [5.41, 5.74) is 0.726. The van der Waals surface area contributed by atoms with Crippen LogP contribution < -0.4 is 5.32 Å². The number of nitrogens with one attached hydrogen (secondary N) is 1. The van der Waals surface area contributed by atoms with Crippen molar-refractivity contribution in [2.24, 2.45) is 0 Å². The van der Waals surface area contributed by atoms with Gasteiger partial charge in [-0.05, 0) is 19.4 Å². The van der Waals surface area contributed by atoms with Crippen LogP contribution in [0.3, 0.4) is 0 Å². The molecule has 0 aliphatic heterocycles. The molecule has 0 aromatic carbocycles. The summed E-state index contributed by atoms with van der Waals surface area (Å²) in [6, 6.07) is 1.65. The van der Waals surface area contributed by atoms with Gasteiger partial charge in [-0.25, -0.2) is 4.98 Å². The molecule has 0 aliphatic rings. The number of nitro groups is 1. The first-order chi connectivity index (χ1) is 8.16. The summed E-state index contributed by atoms with van der Waals surface area (Å²) in [7, 11) is 0. The lowest BCUT2D eigenvalue weighted by Crippen LogP contribution is -2.07. The Labute approximate surface area is 101 Å². The number of aromatic nitrogens is 1. The number of pyridine rings is 1. The molecule has 1 aromatic rings. The van der Waals surface area contributed by atoms with Crippen LogP contribution in [-0.4, -0.2) is 16.5 Å². The number of hydrogen-bond acceptors (Lipinski definition) is 4. The number of hydrogen-bond donors (Lipinski definition) is 1. The Kier molecular flexibility index (Phi) is 5.39. The van der Waals surface area contributed by atoms with Gasteiger partial charge in [-0.3, -0.25) is 10.1 Å². The molecule has 17 heavy (non-hydrogen) atoms. The standard InChI is InChI=1S/C12H19N3O2/c1-3-4-5-6-8-13-12-11(15(16)17)10(2)7-9-14-12/h7,9H,3-6,8H2,1-2H3,(H,13,14). The first kappa shape index (κ1) is 13.4. The van der Waals surface area contributed by atoms with E-state index in [4.69, 9.17) is 0 Å². The first-order valence-electron chi connectivity index (χ1n) is 6.00. The van der Waals surface area contributed by atoms with E-state index < -0.39 is 0 Å². The highest BCUT2D eigenvalue weighted by molar-refractivity contribution is 5.59. The fourth-order valence-corrected chi connectivity index (χ4v) is 1.67. The average molecular weight is 237 g/mol. The largest absolute Gasteiger partial charge is 0.364 e. The van der Waals surface area contributed by atoms with Crippen LogP contribution >= 0.6 is 0 Å². The summed E-state index contributed by atoms with van der Waals surface area (Å²) in [6.07, 6.45) is 6.13. The summed E-state index contributed by atoms with van der Waals surface area (Å²) < 4.78 is 0. The Bertz CT molecular complexity index is 380. The zero-order valence-electron chi connectivity index (χ0n) is 10.4. The van der Waals surface area contributed by atoms with Gasteiger partial charge in [0.1, 0.15) is 0 Å². The Morgan fingerprint density at radius 1 is 1.41 bits per heavy atom. The maximum atomic E-state index is 10.9. The van der Waals surface area contributed by atoms with E-state index in [1.54, 1.807) is 19.2 Å². The smallest absolute Gasteiger partial charge is 0.314 e. The maximum Gasteiger partial charge on any atom is 0.314 e. The van der Waals surface area contributed by atoms with E-state index in [0.717, 1.165) is 19.4 Å². The van der Waals surface area contributed by atoms with Gasteiger partial charge in [0.05, 0.1) is 4.92 Å². The van der Waals surface area contributed by atoms with Crippen LogP contribution in [0.15, 0.2) is 12.3 Å². The van der Waals surface area contributed by atoms with Crippen LogP contribution in [0, 0.1) is 17.0 Å². The highest BCUT2D eigenvalue weighted by Crippen LogP contribution is 2.25. The van der Waals surface area contributed by atoms with Gasteiger partial charge in [0, 0.05) is 18.3 Å². The van der Waals surface area contributed by atoms with Gasteiger partial charge in [-0.15, -0.1) is 0 Å². The zero-order chi connectivity index (χ0) is 12.7. The maximum absolute atomic E-state index is 10.9. The summed E-state index contributed by atoms with van der Waals surface area (Å²) >= 11 is 0. The molecule has 0 saturated heterocycles. The molecule has 1 heterocycles. The Morgan fingerprint density at radius 2 is 2.18 bits per heavy atom. The number of unbranched alkanes of at least 4 members (excludes halogenated alkanes) is 3. The van der Waals surface area contributed by atoms with Crippen molar-refractivity contribution in [2.75, 3.05) is 11.9 Å². The fraction of sp³-hybridized carbons (Fsp3) is 0.583. The van der Waals surface area contributed by atoms with Gasteiger partial charge in [0.15, 0.2) is 0 Å². The first-order valence-corrected chi connectivity index (χ1v) is 6.00. The molecule has 94 valence electrons. The highest BCUT2D eigenvalue weighted by Gasteiger charge is 2.17. The van der Waals surface area contributed by atoms with Crippen molar-refractivity contribution in [3.05, 3.63) is 27.9 Å². The molecule has 1 aromatic heterocycles. The molecule has 0 saturated carbocycles. The van der Waals surface area contributed by atoms with Crippen LogP contribution in [0.5, 0.6) is 0 Å². The monoisotopic (exact) mass is 237 g/mol.